The lowest BCUT2D eigenvalue weighted by atomic mass is 9.74. The van der Waals surface area contributed by atoms with Gasteiger partial charge >= 0.3 is 0 Å². The highest BCUT2D eigenvalue weighted by molar-refractivity contribution is 5.95. The molecule has 1 fully saturated rings. The fourth-order valence-corrected chi connectivity index (χ4v) is 1.56. The van der Waals surface area contributed by atoms with Crippen molar-refractivity contribution in [3.8, 4) is 0 Å². The lowest BCUT2D eigenvalue weighted by Gasteiger charge is -2.34. The number of nitrogens with zero attached hydrogens (tertiary/aromatic N) is 1. The van der Waals surface area contributed by atoms with Gasteiger partial charge < -0.3 is 5.73 Å². The van der Waals surface area contributed by atoms with Crippen molar-refractivity contribution in [1.82, 2.24) is 4.90 Å². The predicted molar refractivity (Wildman–Crippen MR) is 48.7 cm³/mol. The number of hydrogen-bond acceptors (Lipinski definition) is 3. The van der Waals surface area contributed by atoms with Gasteiger partial charge in [-0.2, -0.15) is 0 Å². The van der Waals surface area contributed by atoms with E-state index in [4.69, 9.17) is 5.73 Å². The Labute approximate surface area is 78.1 Å². The van der Waals surface area contributed by atoms with Gasteiger partial charge in [-0.15, -0.1) is 0 Å². The summed E-state index contributed by atoms with van der Waals surface area (Å²) in [6, 6.07) is 0. The van der Waals surface area contributed by atoms with E-state index in [1.807, 2.05) is 0 Å². The maximum absolute atomic E-state index is 11.5. The Kier molecular flexibility index (Phi) is 3.03. The zero-order chi connectivity index (χ0) is 10.0. The van der Waals surface area contributed by atoms with E-state index in [2.05, 4.69) is 0 Å². The van der Waals surface area contributed by atoms with Crippen LogP contribution in [0.2, 0.25) is 0 Å². The SMILES string of the molecule is CC(=O)N(C)C(=O)C1CC(CN)C1. The summed E-state index contributed by atoms with van der Waals surface area (Å²) in [5.74, 6) is 0.259. The summed E-state index contributed by atoms with van der Waals surface area (Å²) in [5.41, 5.74) is 5.44. The normalized spacial score (nSPS) is 26.4. The highest BCUT2D eigenvalue weighted by atomic mass is 16.2. The highest BCUT2D eigenvalue weighted by Gasteiger charge is 2.35. The highest BCUT2D eigenvalue weighted by Crippen LogP contribution is 2.33. The molecule has 0 spiro atoms. The lowest BCUT2D eigenvalue weighted by molar-refractivity contribution is -0.147. The number of imide groups is 1. The van der Waals surface area contributed by atoms with Gasteiger partial charge in [0, 0.05) is 19.9 Å². The summed E-state index contributed by atoms with van der Waals surface area (Å²) in [6.07, 6.45) is 1.68. The van der Waals surface area contributed by atoms with Crippen LogP contribution in [0.4, 0.5) is 0 Å². The summed E-state index contributed by atoms with van der Waals surface area (Å²) >= 11 is 0. The van der Waals surface area contributed by atoms with Gasteiger partial charge in [-0.25, -0.2) is 0 Å². The number of carbonyl (C=O) groups is 2. The zero-order valence-electron chi connectivity index (χ0n) is 8.12. The van der Waals surface area contributed by atoms with Crippen molar-refractivity contribution in [2.24, 2.45) is 17.6 Å². The van der Waals surface area contributed by atoms with E-state index in [-0.39, 0.29) is 17.7 Å². The van der Waals surface area contributed by atoms with Gasteiger partial charge in [0.2, 0.25) is 11.8 Å². The van der Waals surface area contributed by atoms with E-state index in [1.54, 1.807) is 0 Å². The molecule has 1 rings (SSSR count). The number of nitrogens with two attached hydrogens (primary N) is 1. The average molecular weight is 184 g/mol. The van der Waals surface area contributed by atoms with Gasteiger partial charge in [0.1, 0.15) is 0 Å². The van der Waals surface area contributed by atoms with Crippen molar-refractivity contribution < 1.29 is 9.59 Å². The van der Waals surface area contributed by atoms with E-state index in [9.17, 15) is 9.59 Å². The van der Waals surface area contributed by atoms with E-state index in [1.165, 1.54) is 18.9 Å². The van der Waals surface area contributed by atoms with Crippen LogP contribution in [0.3, 0.4) is 0 Å². The molecule has 1 aliphatic rings. The summed E-state index contributed by atoms with van der Waals surface area (Å²) in [7, 11) is 1.53. The molecule has 0 unspecified atom stereocenters. The van der Waals surface area contributed by atoms with E-state index in [0.717, 1.165) is 12.8 Å². The van der Waals surface area contributed by atoms with Crippen LogP contribution in [0.25, 0.3) is 0 Å². The summed E-state index contributed by atoms with van der Waals surface area (Å²) in [6.45, 7) is 2.05. The van der Waals surface area contributed by atoms with Gasteiger partial charge in [0.15, 0.2) is 0 Å². The molecule has 2 N–H and O–H groups in total. The predicted octanol–water partition coefficient (Wildman–Crippen LogP) is -0.0238. The molecular weight excluding hydrogens is 168 g/mol. The molecule has 0 bridgehead atoms. The Hall–Kier alpha value is -0.900. The van der Waals surface area contributed by atoms with Crippen LogP contribution in [0.5, 0.6) is 0 Å². The van der Waals surface area contributed by atoms with Crippen molar-refractivity contribution in [2.75, 3.05) is 13.6 Å². The van der Waals surface area contributed by atoms with Gasteiger partial charge in [-0.3, -0.25) is 14.5 Å². The Morgan fingerprint density at radius 3 is 2.38 bits per heavy atom. The largest absolute Gasteiger partial charge is 0.330 e. The Morgan fingerprint density at radius 1 is 1.46 bits per heavy atom. The fourth-order valence-electron chi connectivity index (χ4n) is 1.56. The molecule has 0 heterocycles. The van der Waals surface area contributed by atoms with Crippen LogP contribution in [0, 0.1) is 11.8 Å². The maximum Gasteiger partial charge on any atom is 0.232 e. The standard InChI is InChI=1S/C9H16N2O2/c1-6(12)11(2)9(13)8-3-7(4-8)5-10/h7-8H,3-5,10H2,1-2H3. The topological polar surface area (TPSA) is 63.4 Å². The molecule has 0 radical (unpaired) electrons. The summed E-state index contributed by atoms with van der Waals surface area (Å²) < 4.78 is 0. The van der Waals surface area contributed by atoms with Crippen LogP contribution in [0.1, 0.15) is 19.8 Å². The first-order valence-electron chi connectivity index (χ1n) is 4.54. The second-order valence-corrected chi connectivity index (χ2v) is 3.69. The third kappa shape index (κ3) is 2.06. The van der Waals surface area contributed by atoms with Crippen LogP contribution in [-0.4, -0.2) is 30.3 Å². The van der Waals surface area contributed by atoms with Gasteiger partial charge in [0.25, 0.3) is 0 Å². The molecule has 13 heavy (non-hydrogen) atoms. The number of rotatable bonds is 2. The quantitative estimate of drug-likeness (QED) is 0.655. The first-order valence-corrected chi connectivity index (χ1v) is 4.54. The van der Waals surface area contributed by atoms with E-state index in [0.29, 0.717) is 12.5 Å². The van der Waals surface area contributed by atoms with Crippen molar-refractivity contribution in [3.05, 3.63) is 0 Å². The van der Waals surface area contributed by atoms with Gasteiger partial charge in [0.05, 0.1) is 0 Å². The van der Waals surface area contributed by atoms with Crippen LogP contribution >= 0.6 is 0 Å². The smallest absolute Gasteiger partial charge is 0.232 e. The molecule has 0 aromatic heterocycles. The van der Waals surface area contributed by atoms with Crippen molar-refractivity contribution in [3.63, 3.8) is 0 Å². The first-order chi connectivity index (χ1) is 6.06. The first kappa shape index (κ1) is 10.2. The van der Waals surface area contributed by atoms with Gasteiger partial charge in [-0.05, 0) is 25.3 Å². The maximum atomic E-state index is 11.5. The Bertz CT molecular complexity index is 222. The molecule has 4 nitrogen and oxygen atoms in total. The molecule has 4 heteroatoms. The fraction of sp³-hybridized carbons (Fsp3) is 0.778. The minimum absolute atomic E-state index is 0.0300. The molecule has 0 aliphatic heterocycles. The van der Waals surface area contributed by atoms with Crippen LogP contribution < -0.4 is 5.73 Å². The summed E-state index contributed by atoms with van der Waals surface area (Å²) in [5, 5.41) is 0. The molecule has 0 saturated heterocycles. The van der Waals surface area contributed by atoms with E-state index < -0.39 is 0 Å². The van der Waals surface area contributed by atoms with Crippen molar-refractivity contribution >= 4 is 11.8 Å². The van der Waals surface area contributed by atoms with Crippen LogP contribution in [-0.2, 0) is 9.59 Å². The second-order valence-electron chi connectivity index (χ2n) is 3.69. The third-order valence-electron chi connectivity index (χ3n) is 2.72. The molecule has 2 amide bonds. The molecule has 0 aromatic carbocycles. The monoisotopic (exact) mass is 184 g/mol. The number of hydrogen-bond donors (Lipinski definition) is 1. The third-order valence-corrected chi connectivity index (χ3v) is 2.72. The average Bonchev–Trinajstić information content (AvgIpc) is 2.00. The second kappa shape index (κ2) is 3.87. The van der Waals surface area contributed by atoms with Crippen molar-refractivity contribution in [2.45, 2.75) is 19.8 Å². The molecule has 1 aliphatic carbocycles. The molecule has 1 saturated carbocycles. The molecule has 74 valence electrons. The Morgan fingerprint density at radius 2 is 2.00 bits per heavy atom. The molecule has 0 atom stereocenters. The van der Waals surface area contributed by atoms with Crippen LogP contribution in [0.15, 0.2) is 0 Å². The minimum atomic E-state index is -0.193. The molecular formula is C9H16N2O2. The van der Waals surface area contributed by atoms with Gasteiger partial charge in [-0.1, -0.05) is 0 Å². The summed E-state index contributed by atoms with van der Waals surface area (Å²) in [4.78, 5) is 23.5. The van der Waals surface area contributed by atoms with E-state index >= 15 is 0 Å². The molecule has 0 aromatic rings. The number of amides is 2. The number of carbonyl (C=O) groups excluding carboxylic acids is 2. The zero-order valence-corrected chi connectivity index (χ0v) is 8.12. The lowest BCUT2D eigenvalue weighted by Crippen LogP contribution is -2.43. The minimum Gasteiger partial charge on any atom is -0.330 e. The van der Waals surface area contributed by atoms with Crippen molar-refractivity contribution in [1.29, 1.82) is 0 Å². The Balaban J connectivity index is 2.38.